The molecule has 1 heterocycles. The lowest BCUT2D eigenvalue weighted by atomic mass is 10.1. The van der Waals surface area contributed by atoms with Crippen molar-refractivity contribution in [3.05, 3.63) is 52.5 Å². The van der Waals surface area contributed by atoms with Crippen molar-refractivity contribution in [2.24, 2.45) is 0 Å². The van der Waals surface area contributed by atoms with Crippen molar-refractivity contribution in [1.82, 2.24) is 0 Å². The van der Waals surface area contributed by atoms with Gasteiger partial charge in [0, 0.05) is 14.9 Å². The Morgan fingerprint density at radius 3 is 2.86 bits per heavy atom. The molecule has 6 heteroatoms. The molecule has 0 saturated heterocycles. The van der Waals surface area contributed by atoms with Gasteiger partial charge in [-0.3, -0.25) is 9.59 Å². The van der Waals surface area contributed by atoms with Crippen LogP contribution in [0.2, 0.25) is 0 Å². The molecule has 3 rings (SSSR count). The van der Waals surface area contributed by atoms with Crippen LogP contribution in [0.25, 0.3) is 0 Å². The van der Waals surface area contributed by atoms with Gasteiger partial charge < -0.3 is 10.6 Å². The smallest absolute Gasteiger partial charge is 0.255 e. The van der Waals surface area contributed by atoms with E-state index in [2.05, 4.69) is 26.6 Å². The largest absolute Gasteiger partial charge is 0.324 e. The number of anilines is 2. The number of rotatable bonds is 2. The van der Waals surface area contributed by atoms with E-state index in [1.165, 1.54) is 11.8 Å². The van der Waals surface area contributed by atoms with E-state index in [0.29, 0.717) is 22.7 Å². The van der Waals surface area contributed by atoms with Gasteiger partial charge in [-0.2, -0.15) is 0 Å². The van der Waals surface area contributed by atoms with Crippen molar-refractivity contribution in [2.75, 3.05) is 16.4 Å². The minimum atomic E-state index is -0.213. The second-order valence-corrected chi connectivity index (χ2v) is 6.35. The van der Waals surface area contributed by atoms with Crippen molar-refractivity contribution >= 4 is 50.9 Å². The molecule has 0 unspecified atom stereocenters. The van der Waals surface area contributed by atoms with E-state index >= 15 is 0 Å². The molecule has 2 aromatic rings. The number of benzene rings is 2. The maximum atomic E-state index is 12.3. The topological polar surface area (TPSA) is 58.2 Å². The molecule has 106 valence electrons. The van der Waals surface area contributed by atoms with E-state index in [1.807, 2.05) is 30.3 Å². The Morgan fingerprint density at radius 2 is 2.05 bits per heavy atom. The quantitative estimate of drug-likeness (QED) is 0.855. The zero-order chi connectivity index (χ0) is 14.8. The molecular formula is C15H11BrN2O2S. The van der Waals surface area contributed by atoms with E-state index in [1.54, 1.807) is 12.1 Å². The number of fused-ring (bicyclic) bond motifs is 1. The molecule has 2 N–H and O–H groups in total. The predicted octanol–water partition coefficient (Wildman–Crippen LogP) is 3.75. The Morgan fingerprint density at radius 1 is 1.24 bits per heavy atom. The lowest BCUT2D eigenvalue weighted by molar-refractivity contribution is -0.113. The number of para-hydroxylation sites is 1. The van der Waals surface area contributed by atoms with E-state index in [9.17, 15) is 9.59 Å². The van der Waals surface area contributed by atoms with Crippen molar-refractivity contribution in [3.8, 4) is 0 Å². The zero-order valence-corrected chi connectivity index (χ0v) is 13.3. The van der Waals surface area contributed by atoms with E-state index in [0.717, 1.165) is 9.37 Å². The summed E-state index contributed by atoms with van der Waals surface area (Å²) >= 11 is 4.86. The number of hydrogen-bond donors (Lipinski definition) is 2. The minimum absolute atomic E-state index is 0.0455. The van der Waals surface area contributed by atoms with E-state index in [-0.39, 0.29) is 11.8 Å². The monoisotopic (exact) mass is 362 g/mol. The summed E-state index contributed by atoms with van der Waals surface area (Å²) in [6.45, 7) is 0. The summed E-state index contributed by atoms with van der Waals surface area (Å²) in [4.78, 5) is 24.7. The third-order valence-electron chi connectivity index (χ3n) is 3.00. The average Bonchev–Trinajstić information content (AvgIpc) is 2.48. The number of thioether (sulfide) groups is 1. The molecule has 2 amide bonds. The third kappa shape index (κ3) is 3.11. The third-order valence-corrected chi connectivity index (χ3v) is 4.76. The summed E-state index contributed by atoms with van der Waals surface area (Å²) in [5.41, 5.74) is 1.90. The molecular weight excluding hydrogens is 352 g/mol. The fourth-order valence-electron chi connectivity index (χ4n) is 1.98. The Bertz CT molecular complexity index is 733. The molecule has 0 radical (unpaired) electrons. The number of amides is 2. The molecule has 1 aliphatic heterocycles. The zero-order valence-electron chi connectivity index (χ0n) is 10.9. The SMILES string of the molecule is O=C1CSc2ccc(C(=O)Nc3ccccc3Br)cc2N1. The second-order valence-electron chi connectivity index (χ2n) is 4.48. The van der Waals surface area contributed by atoms with Crippen molar-refractivity contribution in [1.29, 1.82) is 0 Å². The highest BCUT2D eigenvalue weighted by Gasteiger charge is 2.17. The number of halogens is 1. The first-order valence-corrected chi connectivity index (χ1v) is 8.04. The summed E-state index contributed by atoms with van der Waals surface area (Å²) < 4.78 is 0.820. The molecule has 0 aromatic heterocycles. The second kappa shape index (κ2) is 5.91. The summed E-state index contributed by atoms with van der Waals surface area (Å²) in [6, 6.07) is 12.7. The Kier molecular flexibility index (Phi) is 3.98. The molecule has 1 aliphatic rings. The van der Waals surface area contributed by atoms with Crippen LogP contribution in [-0.2, 0) is 4.79 Å². The lowest BCUT2D eigenvalue weighted by Gasteiger charge is -2.17. The van der Waals surface area contributed by atoms with Crippen molar-refractivity contribution in [3.63, 3.8) is 0 Å². The van der Waals surface area contributed by atoms with Gasteiger partial charge in [0.2, 0.25) is 5.91 Å². The molecule has 0 spiro atoms. The lowest BCUT2D eigenvalue weighted by Crippen LogP contribution is -2.20. The van der Waals surface area contributed by atoms with Crippen LogP contribution in [0, 0.1) is 0 Å². The van der Waals surface area contributed by atoms with Crippen LogP contribution in [0.4, 0.5) is 11.4 Å². The highest BCUT2D eigenvalue weighted by molar-refractivity contribution is 9.10. The first-order valence-electron chi connectivity index (χ1n) is 6.26. The van der Waals surface area contributed by atoms with E-state index in [4.69, 9.17) is 0 Å². The standard InChI is InChI=1S/C15H11BrN2O2S/c16-10-3-1-2-4-11(10)18-15(20)9-5-6-13-12(7-9)17-14(19)8-21-13/h1-7H,8H2,(H,17,19)(H,18,20). The number of hydrogen-bond acceptors (Lipinski definition) is 3. The molecule has 0 aliphatic carbocycles. The van der Waals surface area contributed by atoms with E-state index < -0.39 is 0 Å². The summed E-state index contributed by atoms with van der Waals surface area (Å²) in [6.07, 6.45) is 0. The van der Waals surface area contributed by atoms with Crippen molar-refractivity contribution < 1.29 is 9.59 Å². The Labute approximate surface area is 134 Å². The fourth-order valence-corrected chi connectivity index (χ4v) is 3.15. The number of nitrogens with one attached hydrogen (secondary N) is 2. The molecule has 0 bridgehead atoms. The van der Waals surface area contributed by atoms with Gasteiger partial charge in [0.25, 0.3) is 5.91 Å². The molecule has 2 aromatic carbocycles. The molecule has 0 atom stereocenters. The van der Waals surface area contributed by atoms with Crippen LogP contribution in [0.1, 0.15) is 10.4 Å². The summed E-state index contributed by atoms with van der Waals surface area (Å²) in [5, 5.41) is 5.62. The molecule has 0 saturated carbocycles. The number of carbonyl (C=O) groups excluding carboxylic acids is 2. The van der Waals surface area contributed by atoms with Gasteiger partial charge >= 0.3 is 0 Å². The van der Waals surface area contributed by atoms with Gasteiger partial charge in [-0.05, 0) is 46.3 Å². The first-order chi connectivity index (χ1) is 10.1. The maximum absolute atomic E-state index is 12.3. The van der Waals surface area contributed by atoms with Crippen molar-refractivity contribution in [2.45, 2.75) is 4.90 Å². The Balaban J connectivity index is 1.84. The maximum Gasteiger partial charge on any atom is 0.255 e. The van der Waals surface area contributed by atoms with Crippen LogP contribution < -0.4 is 10.6 Å². The highest BCUT2D eigenvalue weighted by atomic mass is 79.9. The minimum Gasteiger partial charge on any atom is -0.324 e. The average molecular weight is 363 g/mol. The van der Waals surface area contributed by atoms with Crippen LogP contribution >= 0.6 is 27.7 Å². The van der Waals surface area contributed by atoms with Crippen LogP contribution in [0.3, 0.4) is 0 Å². The normalized spacial score (nSPS) is 13.3. The summed E-state index contributed by atoms with van der Waals surface area (Å²) in [5.74, 6) is 0.153. The van der Waals surface area contributed by atoms with Gasteiger partial charge in [0.15, 0.2) is 0 Å². The molecule has 4 nitrogen and oxygen atoms in total. The molecule has 0 fully saturated rings. The van der Waals surface area contributed by atoms with Crippen LogP contribution in [0.5, 0.6) is 0 Å². The fraction of sp³-hybridized carbons (Fsp3) is 0.0667. The predicted molar refractivity (Wildman–Crippen MR) is 87.9 cm³/mol. The molecule has 21 heavy (non-hydrogen) atoms. The van der Waals surface area contributed by atoms with Gasteiger partial charge in [0.1, 0.15) is 0 Å². The van der Waals surface area contributed by atoms with Gasteiger partial charge in [-0.1, -0.05) is 12.1 Å². The van der Waals surface area contributed by atoms with Crippen LogP contribution in [-0.4, -0.2) is 17.6 Å². The first kappa shape index (κ1) is 14.2. The number of carbonyl (C=O) groups is 2. The Hall–Kier alpha value is -1.79. The highest BCUT2D eigenvalue weighted by Crippen LogP contribution is 2.32. The van der Waals surface area contributed by atoms with Crippen LogP contribution in [0.15, 0.2) is 51.8 Å². The van der Waals surface area contributed by atoms with Gasteiger partial charge in [-0.15, -0.1) is 11.8 Å². The summed E-state index contributed by atoms with van der Waals surface area (Å²) in [7, 11) is 0. The van der Waals surface area contributed by atoms with Gasteiger partial charge in [-0.25, -0.2) is 0 Å². The van der Waals surface area contributed by atoms with Gasteiger partial charge in [0.05, 0.1) is 17.1 Å².